The summed E-state index contributed by atoms with van der Waals surface area (Å²) >= 11 is 0. The fourth-order valence-electron chi connectivity index (χ4n) is 3.22. The number of amides is 2. The summed E-state index contributed by atoms with van der Waals surface area (Å²) < 4.78 is 18.8. The lowest BCUT2D eigenvalue weighted by Crippen LogP contribution is -2.49. The van der Waals surface area contributed by atoms with E-state index in [4.69, 9.17) is 4.74 Å². The molecule has 0 saturated heterocycles. The van der Waals surface area contributed by atoms with Crippen molar-refractivity contribution in [3.63, 3.8) is 0 Å². The zero-order valence-corrected chi connectivity index (χ0v) is 16.5. The third kappa shape index (κ3) is 6.23. The van der Waals surface area contributed by atoms with Crippen LogP contribution in [0.25, 0.3) is 0 Å². The maximum atomic E-state index is 13.0. The van der Waals surface area contributed by atoms with Gasteiger partial charge >= 0.3 is 0 Å². The van der Waals surface area contributed by atoms with Gasteiger partial charge in [-0.15, -0.1) is 0 Å². The normalized spacial score (nSPS) is 20.5. The molecule has 0 bridgehead atoms. The van der Waals surface area contributed by atoms with Gasteiger partial charge in [-0.25, -0.2) is 4.39 Å². The second kappa shape index (κ2) is 10.7. The van der Waals surface area contributed by atoms with Crippen LogP contribution in [0.5, 0.6) is 0 Å². The molecule has 6 nitrogen and oxygen atoms in total. The van der Waals surface area contributed by atoms with Gasteiger partial charge in [0.1, 0.15) is 11.9 Å². The summed E-state index contributed by atoms with van der Waals surface area (Å²) in [6, 6.07) is 14.5. The maximum Gasteiger partial charge on any atom is 0.251 e. The summed E-state index contributed by atoms with van der Waals surface area (Å²) in [6.07, 6.45) is 3.12. The topological polar surface area (TPSA) is 87.7 Å². The molecule has 0 saturated carbocycles. The van der Waals surface area contributed by atoms with Crippen molar-refractivity contribution in [2.75, 3.05) is 13.2 Å². The van der Waals surface area contributed by atoms with Crippen molar-refractivity contribution >= 4 is 11.8 Å². The van der Waals surface area contributed by atoms with Gasteiger partial charge in [-0.2, -0.15) is 0 Å². The summed E-state index contributed by atoms with van der Waals surface area (Å²) in [5.74, 6) is -0.972. The molecule has 3 atom stereocenters. The molecule has 158 valence electrons. The molecule has 0 aliphatic carbocycles. The Morgan fingerprint density at radius 3 is 2.47 bits per heavy atom. The number of nitrogens with one attached hydrogen (secondary N) is 2. The van der Waals surface area contributed by atoms with E-state index in [-0.39, 0.29) is 18.9 Å². The van der Waals surface area contributed by atoms with Crippen LogP contribution in [0.1, 0.15) is 22.3 Å². The molecule has 1 aliphatic rings. The summed E-state index contributed by atoms with van der Waals surface area (Å²) in [5.41, 5.74) is 1.45. The SMILES string of the molecule is O=C(C[C@@H]1C=C[C@@H](NC(=O)c2ccc(F)cc2)[C@@H](CO)O1)NCCc1ccccc1. The zero-order chi connectivity index (χ0) is 21.3. The van der Waals surface area contributed by atoms with Crippen LogP contribution in [0, 0.1) is 5.82 Å². The first-order chi connectivity index (χ1) is 14.5. The van der Waals surface area contributed by atoms with Gasteiger partial charge < -0.3 is 20.5 Å². The Morgan fingerprint density at radius 1 is 1.03 bits per heavy atom. The molecule has 2 aromatic carbocycles. The average molecular weight is 412 g/mol. The number of halogens is 1. The molecule has 0 spiro atoms. The number of benzene rings is 2. The predicted octanol–water partition coefficient (Wildman–Crippen LogP) is 1.99. The van der Waals surface area contributed by atoms with E-state index in [1.807, 2.05) is 30.3 Å². The Bertz CT molecular complexity index is 871. The number of rotatable bonds is 8. The highest BCUT2D eigenvalue weighted by Gasteiger charge is 2.29. The molecule has 3 rings (SSSR count). The Labute approximate surface area is 174 Å². The van der Waals surface area contributed by atoms with E-state index < -0.39 is 30.0 Å². The van der Waals surface area contributed by atoms with Gasteiger partial charge in [0.25, 0.3) is 5.91 Å². The number of carbonyl (C=O) groups excluding carboxylic acids is 2. The van der Waals surface area contributed by atoms with Gasteiger partial charge in [0, 0.05) is 12.1 Å². The van der Waals surface area contributed by atoms with E-state index in [1.165, 1.54) is 24.3 Å². The predicted molar refractivity (Wildman–Crippen MR) is 110 cm³/mol. The van der Waals surface area contributed by atoms with Crippen LogP contribution in [-0.2, 0) is 16.0 Å². The standard InChI is InChI=1S/C23H25FN2O4/c24-18-8-6-17(7-9-18)23(29)26-20-11-10-19(30-21(20)15-27)14-22(28)25-13-12-16-4-2-1-3-5-16/h1-11,19-21,27H,12-15H2,(H,25,28)(H,26,29)/t19-,20+,21+/m0/s1. The molecule has 7 heteroatoms. The minimum Gasteiger partial charge on any atom is -0.394 e. The van der Waals surface area contributed by atoms with Crippen LogP contribution in [0.4, 0.5) is 4.39 Å². The molecule has 0 fully saturated rings. The summed E-state index contributed by atoms with van der Waals surface area (Å²) in [4.78, 5) is 24.5. The molecule has 0 unspecified atom stereocenters. The Hall–Kier alpha value is -3.03. The van der Waals surface area contributed by atoms with Gasteiger partial charge in [0.15, 0.2) is 0 Å². The Kier molecular flexibility index (Phi) is 7.70. The number of aliphatic hydroxyl groups is 1. The van der Waals surface area contributed by atoms with Crippen molar-refractivity contribution in [1.29, 1.82) is 0 Å². The largest absolute Gasteiger partial charge is 0.394 e. The smallest absolute Gasteiger partial charge is 0.251 e. The highest BCUT2D eigenvalue weighted by molar-refractivity contribution is 5.94. The quantitative estimate of drug-likeness (QED) is 0.579. The van der Waals surface area contributed by atoms with E-state index in [9.17, 15) is 19.1 Å². The summed E-state index contributed by atoms with van der Waals surface area (Å²) in [5, 5.41) is 15.3. The number of ether oxygens (including phenoxy) is 1. The lowest BCUT2D eigenvalue weighted by Gasteiger charge is -2.31. The van der Waals surface area contributed by atoms with E-state index in [1.54, 1.807) is 12.2 Å². The minimum atomic E-state index is -0.679. The van der Waals surface area contributed by atoms with Gasteiger partial charge in [-0.3, -0.25) is 9.59 Å². The first-order valence-corrected chi connectivity index (χ1v) is 9.87. The molecule has 1 aliphatic heterocycles. The van der Waals surface area contributed by atoms with Gasteiger partial charge in [0.2, 0.25) is 5.91 Å². The van der Waals surface area contributed by atoms with Crippen LogP contribution < -0.4 is 10.6 Å². The fraction of sp³-hybridized carbons (Fsp3) is 0.304. The highest BCUT2D eigenvalue weighted by Crippen LogP contribution is 2.16. The summed E-state index contributed by atoms with van der Waals surface area (Å²) in [6.45, 7) is 0.212. The molecule has 2 aromatic rings. The molecule has 0 radical (unpaired) electrons. The number of hydrogen-bond acceptors (Lipinski definition) is 4. The molecule has 2 amide bonds. The third-order valence-electron chi connectivity index (χ3n) is 4.83. The van der Waals surface area contributed by atoms with Crippen molar-refractivity contribution in [2.45, 2.75) is 31.1 Å². The van der Waals surface area contributed by atoms with Crippen LogP contribution >= 0.6 is 0 Å². The summed E-state index contributed by atoms with van der Waals surface area (Å²) in [7, 11) is 0. The van der Waals surface area contributed by atoms with Crippen molar-refractivity contribution in [2.24, 2.45) is 0 Å². The second-order valence-corrected chi connectivity index (χ2v) is 7.08. The van der Waals surface area contributed by atoms with E-state index in [0.717, 1.165) is 12.0 Å². The van der Waals surface area contributed by atoms with Crippen molar-refractivity contribution < 1.29 is 23.8 Å². The monoisotopic (exact) mass is 412 g/mol. The van der Waals surface area contributed by atoms with Crippen LogP contribution in [0.2, 0.25) is 0 Å². The van der Waals surface area contributed by atoms with Crippen molar-refractivity contribution in [1.82, 2.24) is 10.6 Å². The fourth-order valence-corrected chi connectivity index (χ4v) is 3.22. The minimum absolute atomic E-state index is 0.125. The maximum absolute atomic E-state index is 13.0. The first-order valence-electron chi connectivity index (χ1n) is 9.87. The van der Waals surface area contributed by atoms with Crippen molar-refractivity contribution in [3.05, 3.63) is 83.7 Å². The van der Waals surface area contributed by atoms with Crippen LogP contribution in [-0.4, -0.2) is 48.3 Å². The highest BCUT2D eigenvalue weighted by atomic mass is 19.1. The van der Waals surface area contributed by atoms with E-state index >= 15 is 0 Å². The molecule has 1 heterocycles. The molecule has 3 N–H and O–H groups in total. The van der Waals surface area contributed by atoms with Crippen LogP contribution in [0.3, 0.4) is 0 Å². The number of aliphatic hydroxyl groups excluding tert-OH is 1. The van der Waals surface area contributed by atoms with Crippen LogP contribution in [0.15, 0.2) is 66.7 Å². The second-order valence-electron chi connectivity index (χ2n) is 7.08. The molecule has 30 heavy (non-hydrogen) atoms. The Balaban J connectivity index is 1.48. The first kappa shape index (κ1) is 21.7. The number of hydrogen-bond donors (Lipinski definition) is 3. The van der Waals surface area contributed by atoms with Gasteiger partial charge in [-0.1, -0.05) is 42.5 Å². The average Bonchev–Trinajstić information content (AvgIpc) is 2.76. The van der Waals surface area contributed by atoms with E-state index in [2.05, 4.69) is 10.6 Å². The van der Waals surface area contributed by atoms with Gasteiger partial charge in [-0.05, 0) is 36.2 Å². The zero-order valence-electron chi connectivity index (χ0n) is 16.5. The lowest BCUT2D eigenvalue weighted by molar-refractivity contribution is -0.125. The molecule has 0 aromatic heterocycles. The third-order valence-corrected chi connectivity index (χ3v) is 4.83. The lowest BCUT2D eigenvalue weighted by atomic mass is 10.0. The van der Waals surface area contributed by atoms with E-state index in [0.29, 0.717) is 12.1 Å². The molecular weight excluding hydrogens is 387 g/mol. The number of carbonyl (C=O) groups is 2. The van der Waals surface area contributed by atoms with Crippen molar-refractivity contribution in [3.8, 4) is 0 Å². The molecular formula is C23H25FN2O4. The Morgan fingerprint density at radius 2 is 1.77 bits per heavy atom. The van der Waals surface area contributed by atoms with Gasteiger partial charge in [0.05, 0.1) is 25.2 Å².